The highest BCUT2D eigenvalue weighted by Gasteiger charge is 2.19. The van der Waals surface area contributed by atoms with Gasteiger partial charge in [0.1, 0.15) is 13.2 Å². The van der Waals surface area contributed by atoms with E-state index in [9.17, 15) is 14.4 Å². The second-order valence-corrected chi connectivity index (χ2v) is 22.3. The van der Waals surface area contributed by atoms with Crippen molar-refractivity contribution in [3.8, 4) is 0 Å². The standard InChI is InChI=1S/C75H126O6/c1-4-7-10-13-16-19-22-24-26-28-30-31-32-33-34-35-36-37-38-39-40-41-42-43-45-46-48-50-53-56-59-62-65-68-74(77)80-71-72(70-79-73(76)67-64-61-58-55-52-21-18-15-12-9-6-3)81-75(78)69-66-63-60-57-54-51-49-47-44-29-27-25-23-20-17-14-11-8-5-2/h7-8,10-11,16-17,19-20,24-27,30-31,44,47,51,54,60,63,72H,4-6,9,12-15,18,21-23,28-29,32-43,45-46,48-50,52-53,55-59,61-62,64-71H2,1-3H3/b10-7-,11-8-,19-16-,20-17-,26-24-,27-25-,31-30-,47-44-,54-51-,63-60-. The van der Waals surface area contributed by atoms with Crippen LogP contribution in [0.15, 0.2) is 122 Å². The van der Waals surface area contributed by atoms with Crippen molar-refractivity contribution < 1.29 is 28.6 Å². The molecule has 0 heterocycles. The van der Waals surface area contributed by atoms with Gasteiger partial charge in [0.05, 0.1) is 0 Å². The summed E-state index contributed by atoms with van der Waals surface area (Å²) < 4.78 is 16.8. The molecule has 0 aromatic rings. The lowest BCUT2D eigenvalue weighted by atomic mass is 10.0. The first-order chi connectivity index (χ1) is 40.0. The summed E-state index contributed by atoms with van der Waals surface area (Å²) >= 11 is 0. The molecular formula is C75H126O6. The van der Waals surface area contributed by atoms with E-state index >= 15 is 0 Å². The van der Waals surface area contributed by atoms with Crippen LogP contribution in [0.1, 0.15) is 316 Å². The van der Waals surface area contributed by atoms with E-state index in [0.717, 1.165) is 103 Å². The third-order valence-electron chi connectivity index (χ3n) is 14.5. The van der Waals surface area contributed by atoms with Crippen LogP contribution in [0.5, 0.6) is 0 Å². The van der Waals surface area contributed by atoms with Gasteiger partial charge in [-0.3, -0.25) is 14.4 Å². The Morgan fingerprint density at radius 1 is 0.259 bits per heavy atom. The molecule has 1 atom stereocenters. The van der Waals surface area contributed by atoms with Gasteiger partial charge in [0.15, 0.2) is 6.10 Å². The molecule has 0 aliphatic carbocycles. The van der Waals surface area contributed by atoms with Crippen LogP contribution in [0, 0.1) is 0 Å². The van der Waals surface area contributed by atoms with E-state index in [1.165, 1.54) is 167 Å². The van der Waals surface area contributed by atoms with E-state index in [1.54, 1.807) is 0 Å². The summed E-state index contributed by atoms with van der Waals surface area (Å²) in [6, 6.07) is 0. The summed E-state index contributed by atoms with van der Waals surface area (Å²) in [5.74, 6) is -0.981. The van der Waals surface area contributed by atoms with E-state index in [4.69, 9.17) is 14.2 Å². The minimum atomic E-state index is -0.818. The Hall–Kier alpha value is -4.19. The van der Waals surface area contributed by atoms with Gasteiger partial charge >= 0.3 is 17.9 Å². The molecule has 0 aliphatic rings. The average molecular weight is 1120 g/mol. The zero-order valence-electron chi connectivity index (χ0n) is 53.0. The highest BCUT2D eigenvalue weighted by Crippen LogP contribution is 2.17. The van der Waals surface area contributed by atoms with E-state index in [-0.39, 0.29) is 37.5 Å². The summed E-state index contributed by atoms with van der Waals surface area (Å²) in [6.07, 6.45) is 95.4. The molecule has 1 unspecified atom stereocenters. The Morgan fingerprint density at radius 2 is 0.506 bits per heavy atom. The van der Waals surface area contributed by atoms with Crippen LogP contribution in [0.4, 0.5) is 0 Å². The summed E-state index contributed by atoms with van der Waals surface area (Å²) in [4.78, 5) is 38.2. The van der Waals surface area contributed by atoms with E-state index in [0.29, 0.717) is 19.3 Å². The summed E-state index contributed by atoms with van der Waals surface area (Å²) in [7, 11) is 0. The van der Waals surface area contributed by atoms with Crippen LogP contribution in [0.2, 0.25) is 0 Å². The van der Waals surface area contributed by atoms with Crippen molar-refractivity contribution in [1.82, 2.24) is 0 Å². The Balaban J connectivity index is 4.21. The number of allylic oxidation sites excluding steroid dienone is 20. The molecule has 6 heteroatoms. The lowest BCUT2D eigenvalue weighted by molar-refractivity contribution is -0.166. The first-order valence-electron chi connectivity index (χ1n) is 34.0. The molecule has 0 amide bonds. The Labute approximate surface area is 501 Å². The number of rotatable bonds is 61. The van der Waals surface area contributed by atoms with Gasteiger partial charge in [0, 0.05) is 19.3 Å². The zero-order valence-corrected chi connectivity index (χ0v) is 53.0. The predicted octanol–water partition coefficient (Wildman–Crippen LogP) is 23.6. The zero-order chi connectivity index (χ0) is 58.5. The summed E-state index contributed by atoms with van der Waals surface area (Å²) in [5, 5.41) is 0. The molecule has 0 spiro atoms. The van der Waals surface area contributed by atoms with Crippen LogP contribution in [0.25, 0.3) is 0 Å². The smallest absolute Gasteiger partial charge is 0.306 e. The number of carbonyl (C=O) groups excluding carboxylic acids is 3. The minimum absolute atomic E-state index is 0.105. The normalized spacial score (nSPS) is 12.9. The molecule has 462 valence electrons. The van der Waals surface area contributed by atoms with E-state index < -0.39 is 6.10 Å². The highest BCUT2D eigenvalue weighted by molar-refractivity contribution is 5.71. The first kappa shape index (κ1) is 76.8. The van der Waals surface area contributed by atoms with Crippen LogP contribution in [-0.4, -0.2) is 37.2 Å². The van der Waals surface area contributed by atoms with Gasteiger partial charge in [-0.05, 0) is 96.3 Å². The van der Waals surface area contributed by atoms with Gasteiger partial charge in [0.2, 0.25) is 0 Å². The molecule has 0 radical (unpaired) electrons. The van der Waals surface area contributed by atoms with Crippen molar-refractivity contribution in [2.45, 2.75) is 322 Å². The molecule has 0 aromatic heterocycles. The van der Waals surface area contributed by atoms with Crippen LogP contribution >= 0.6 is 0 Å². The predicted molar refractivity (Wildman–Crippen MR) is 353 cm³/mol. The Bertz CT molecular complexity index is 1670. The number of hydrogen-bond acceptors (Lipinski definition) is 6. The van der Waals surface area contributed by atoms with Crippen molar-refractivity contribution >= 4 is 17.9 Å². The van der Waals surface area contributed by atoms with Gasteiger partial charge in [-0.2, -0.15) is 0 Å². The number of esters is 3. The average Bonchev–Trinajstić information content (AvgIpc) is 3.47. The number of ether oxygens (including phenoxy) is 3. The Kier molecular flexibility index (Phi) is 64.8. The van der Waals surface area contributed by atoms with Gasteiger partial charge in [0.25, 0.3) is 0 Å². The van der Waals surface area contributed by atoms with Crippen LogP contribution in [0.3, 0.4) is 0 Å². The van der Waals surface area contributed by atoms with Crippen molar-refractivity contribution in [2.24, 2.45) is 0 Å². The fraction of sp³-hybridized carbons (Fsp3) is 0.693. The van der Waals surface area contributed by atoms with Gasteiger partial charge in [-0.1, -0.05) is 322 Å². The number of carbonyl (C=O) groups is 3. The summed E-state index contributed by atoms with van der Waals surface area (Å²) in [6.45, 7) is 6.37. The SMILES string of the molecule is CC/C=C\C/C=C\C/C=C\C/C=C\C/C=C\C/C=C\CCC(=O)OC(COC(=O)CCCCCCCCCCCCC)COC(=O)CCCCCCCCCCCCCCCCCCCCCC/C=C\C/C=C\C/C=C\C/C=C\CC. The second kappa shape index (κ2) is 68.3. The maximum atomic E-state index is 12.9. The lowest BCUT2D eigenvalue weighted by Gasteiger charge is -2.18. The first-order valence-corrected chi connectivity index (χ1v) is 34.0. The molecule has 0 saturated heterocycles. The quantitative estimate of drug-likeness (QED) is 0.0261. The third-order valence-corrected chi connectivity index (χ3v) is 14.5. The van der Waals surface area contributed by atoms with Crippen LogP contribution in [-0.2, 0) is 28.6 Å². The molecule has 0 fully saturated rings. The molecule has 0 aliphatic heterocycles. The molecule has 0 N–H and O–H groups in total. The van der Waals surface area contributed by atoms with Gasteiger partial charge < -0.3 is 14.2 Å². The van der Waals surface area contributed by atoms with Crippen LogP contribution < -0.4 is 0 Å². The fourth-order valence-electron chi connectivity index (χ4n) is 9.46. The Morgan fingerprint density at radius 3 is 0.802 bits per heavy atom. The highest BCUT2D eigenvalue weighted by atomic mass is 16.6. The molecule has 0 saturated carbocycles. The topological polar surface area (TPSA) is 78.9 Å². The lowest BCUT2D eigenvalue weighted by Crippen LogP contribution is -2.30. The number of unbranched alkanes of at least 4 members (excludes halogenated alkanes) is 30. The fourth-order valence-corrected chi connectivity index (χ4v) is 9.46. The third kappa shape index (κ3) is 66.5. The van der Waals surface area contributed by atoms with E-state index in [1.807, 2.05) is 6.08 Å². The van der Waals surface area contributed by atoms with Crippen molar-refractivity contribution in [2.75, 3.05) is 13.2 Å². The second-order valence-electron chi connectivity index (χ2n) is 22.3. The molecule has 0 bridgehead atoms. The van der Waals surface area contributed by atoms with Gasteiger partial charge in [-0.15, -0.1) is 0 Å². The largest absolute Gasteiger partial charge is 0.462 e. The minimum Gasteiger partial charge on any atom is -0.462 e. The van der Waals surface area contributed by atoms with E-state index in [2.05, 4.69) is 136 Å². The molecule has 81 heavy (non-hydrogen) atoms. The molecule has 0 rings (SSSR count). The molecular weight excluding hydrogens is 997 g/mol. The maximum absolute atomic E-state index is 12.9. The molecule has 6 nitrogen and oxygen atoms in total. The number of hydrogen-bond donors (Lipinski definition) is 0. The van der Waals surface area contributed by atoms with Crippen molar-refractivity contribution in [3.05, 3.63) is 122 Å². The summed E-state index contributed by atoms with van der Waals surface area (Å²) in [5.41, 5.74) is 0. The van der Waals surface area contributed by atoms with Gasteiger partial charge in [-0.25, -0.2) is 0 Å². The maximum Gasteiger partial charge on any atom is 0.306 e. The van der Waals surface area contributed by atoms with Crippen molar-refractivity contribution in [1.29, 1.82) is 0 Å². The monoisotopic (exact) mass is 1120 g/mol. The molecule has 0 aromatic carbocycles. The van der Waals surface area contributed by atoms with Crippen molar-refractivity contribution in [3.63, 3.8) is 0 Å².